The molecule has 0 amide bonds. The van der Waals surface area contributed by atoms with Crippen molar-refractivity contribution in [2.24, 2.45) is 5.73 Å². The lowest BCUT2D eigenvalue weighted by Crippen LogP contribution is -2.21. The van der Waals surface area contributed by atoms with Crippen LogP contribution in [-0.4, -0.2) is 13.1 Å². The molecule has 96 valence electrons. The molecular formula is C15H26N2. The van der Waals surface area contributed by atoms with E-state index in [9.17, 15) is 0 Å². The lowest BCUT2D eigenvalue weighted by molar-refractivity contribution is 0.496. The lowest BCUT2D eigenvalue weighted by atomic mass is 9.96. The number of hydrogen-bond donors (Lipinski definition) is 2. The van der Waals surface area contributed by atoms with Gasteiger partial charge >= 0.3 is 0 Å². The Balaban J connectivity index is 2.68. The van der Waals surface area contributed by atoms with Crippen molar-refractivity contribution in [3.63, 3.8) is 0 Å². The van der Waals surface area contributed by atoms with Crippen LogP contribution in [0, 0.1) is 0 Å². The van der Waals surface area contributed by atoms with Gasteiger partial charge in [-0.2, -0.15) is 0 Å². The summed E-state index contributed by atoms with van der Waals surface area (Å²) in [7, 11) is 2.02. The molecule has 0 aliphatic heterocycles. The van der Waals surface area contributed by atoms with Crippen molar-refractivity contribution in [3.8, 4) is 0 Å². The third-order valence-electron chi connectivity index (χ3n) is 3.26. The smallest absolute Gasteiger partial charge is 0.0318 e. The number of rotatable bonds is 6. The van der Waals surface area contributed by atoms with E-state index >= 15 is 0 Å². The second-order valence-electron chi connectivity index (χ2n) is 5.22. The fraction of sp³-hybridized carbons (Fsp3) is 0.600. The summed E-state index contributed by atoms with van der Waals surface area (Å²) in [5, 5.41) is 3.37. The van der Waals surface area contributed by atoms with Crippen LogP contribution >= 0.6 is 0 Å². The highest BCUT2D eigenvalue weighted by Gasteiger charge is 2.10. The Hall–Kier alpha value is -0.860. The van der Waals surface area contributed by atoms with Crippen LogP contribution in [0.5, 0.6) is 0 Å². The molecule has 0 saturated heterocycles. The fourth-order valence-electron chi connectivity index (χ4n) is 2.02. The minimum absolute atomic E-state index is 0.279. The van der Waals surface area contributed by atoms with Gasteiger partial charge in [0.2, 0.25) is 0 Å². The van der Waals surface area contributed by atoms with Crippen molar-refractivity contribution >= 4 is 0 Å². The number of hydrogen-bond acceptors (Lipinski definition) is 2. The summed E-state index contributed by atoms with van der Waals surface area (Å²) in [4.78, 5) is 0. The first-order chi connectivity index (χ1) is 8.04. The van der Waals surface area contributed by atoms with Gasteiger partial charge in [0, 0.05) is 12.1 Å². The normalized spacial score (nSPS) is 14.9. The van der Waals surface area contributed by atoms with Gasteiger partial charge in [0.25, 0.3) is 0 Å². The van der Waals surface area contributed by atoms with Crippen LogP contribution in [0.3, 0.4) is 0 Å². The molecule has 0 saturated carbocycles. The molecule has 0 aliphatic rings. The molecule has 0 fully saturated rings. The van der Waals surface area contributed by atoms with Crippen LogP contribution in [0.25, 0.3) is 0 Å². The van der Waals surface area contributed by atoms with Gasteiger partial charge in [0.1, 0.15) is 0 Å². The molecule has 17 heavy (non-hydrogen) atoms. The van der Waals surface area contributed by atoms with Crippen molar-refractivity contribution < 1.29 is 0 Å². The third kappa shape index (κ3) is 4.49. The number of nitrogens with one attached hydrogen (secondary N) is 1. The Morgan fingerprint density at radius 1 is 1.00 bits per heavy atom. The van der Waals surface area contributed by atoms with E-state index in [1.165, 1.54) is 11.1 Å². The summed E-state index contributed by atoms with van der Waals surface area (Å²) < 4.78 is 0. The van der Waals surface area contributed by atoms with E-state index in [0.29, 0.717) is 12.0 Å². The second-order valence-corrected chi connectivity index (χ2v) is 5.22. The average molecular weight is 234 g/mol. The summed E-state index contributed by atoms with van der Waals surface area (Å²) in [5.74, 6) is 0.598. The maximum absolute atomic E-state index is 5.81. The monoisotopic (exact) mass is 234 g/mol. The molecular weight excluding hydrogens is 208 g/mol. The van der Waals surface area contributed by atoms with Gasteiger partial charge in [-0.1, -0.05) is 38.1 Å². The van der Waals surface area contributed by atoms with E-state index < -0.39 is 0 Å². The van der Waals surface area contributed by atoms with E-state index in [1.807, 2.05) is 7.05 Å². The lowest BCUT2D eigenvalue weighted by Gasteiger charge is -2.18. The van der Waals surface area contributed by atoms with Crippen molar-refractivity contribution in [1.82, 2.24) is 5.32 Å². The van der Waals surface area contributed by atoms with Gasteiger partial charge in [-0.25, -0.2) is 0 Å². The molecule has 0 bridgehead atoms. The van der Waals surface area contributed by atoms with Gasteiger partial charge in [-0.05, 0) is 43.9 Å². The first-order valence-electron chi connectivity index (χ1n) is 6.57. The van der Waals surface area contributed by atoms with Crippen LogP contribution in [-0.2, 0) is 0 Å². The molecule has 3 N–H and O–H groups in total. The summed E-state index contributed by atoms with van der Waals surface area (Å²) in [6.45, 7) is 6.51. The molecule has 0 radical (unpaired) electrons. The molecule has 1 aromatic rings. The van der Waals surface area contributed by atoms with Crippen LogP contribution < -0.4 is 11.1 Å². The van der Waals surface area contributed by atoms with Gasteiger partial charge in [0.15, 0.2) is 0 Å². The van der Waals surface area contributed by atoms with Gasteiger partial charge in [0.05, 0.1) is 0 Å². The van der Waals surface area contributed by atoms with Crippen molar-refractivity contribution in [1.29, 1.82) is 0 Å². The Labute approximate surface area is 106 Å². The quantitative estimate of drug-likeness (QED) is 0.793. The minimum atomic E-state index is 0.279. The first-order valence-corrected chi connectivity index (χ1v) is 6.57. The maximum atomic E-state index is 5.81. The van der Waals surface area contributed by atoms with E-state index in [4.69, 9.17) is 5.73 Å². The van der Waals surface area contributed by atoms with E-state index in [-0.39, 0.29) is 6.04 Å². The third-order valence-corrected chi connectivity index (χ3v) is 3.26. The molecule has 0 aromatic heterocycles. The zero-order chi connectivity index (χ0) is 12.8. The molecule has 2 nitrogen and oxygen atoms in total. The first kappa shape index (κ1) is 14.2. The maximum Gasteiger partial charge on any atom is 0.0318 e. The molecule has 0 heterocycles. The van der Waals surface area contributed by atoms with Gasteiger partial charge in [-0.3, -0.25) is 0 Å². The molecule has 2 unspecified atom stereocenters. The standard InChI is InChI=1S/C15H26N2/c1-11(2)13-6-8-14(9-7-13)15(17-4)10-5-12(3)16/h6-9,11-12,15,17H,5,10,16H2,1-4H3. The molecule has 1 aromatic carbocycles. The number of nitrogens with two attached hydrogens (primary N) is 1. The predicted octanol–water partition coefficient (Wildman–Crippen LogP) is 3.20. The van der Waals surface area contributed by atoms with E-state index in [2.05, 4.69) is 50.4 Å². The zero-order valence-electron chi connectivity index (χ0n) is 11.5. The Morgan fingerprint density at radius 2 is 1.53 bits per heavy atom. The molecule has 0 spiro atoms. The largest absolute Gasteiger partial charge is 0.328 e. The molecule has 1 rings (SSSR count). The minimum Gasteiger partial charge on any atom is -0.328 e. The average Bonchev–Trinajstić information content (AvgIpc) is 2.30. The van der Waals surface area contributed by atoms with Gasteiger partial charge < -0.3 is 11.1 Å². The highest BCUT2D eigenvalue weighted by atomic mass is 14.9. The van der Waals surface area contributed by atoms with Crippen LogP contribution in [0.1, 0.15) is 56.7 Å². The van der Waals surface area contributed by atoms with Crippen LogP contribution in [0.2, 0.25) is 0 Å². The van der Waals surface area contributed by atoms with Crippen LogP contribution in [0.4, 0.5) is 0 Å². The van der Waals surface area contributed by atoms with Crippen molar-refractivity contribution in [2.45, 2.75) is 51.6 Å². The van der Waals surface area contributed by atoms with Crippen molar-refractivity contribution in [2.75, 3.05) is 7.05 Å². The molecule has 0 aliphatic carbocycles. The molecule has 2 atom stereocenters. The highest BCUT2D eigenvalue weighted by Crippen LogP contribution is 2.21. The Kier molecular flexibility index (Phi) is 5.66. The molecule has 2 heteroatoms. The Bertz CT molecular complexity index is 314. The summed E-state index contributed by atoms with van der Waals surface area (Å²) in [6, 6.07) is 9.63. The summed E-state index contributed by atoms with van der Waals surface area (Å²) in [6.07, 6.45) is 2.15. The van der Waals surface area contributed by atoms with E-state index in [0.717, 1.165) is 12.8 Å². The Morgan fingerprint density at radius 3 is 1.94 bits per heavy atom. The van der Waals surface area contributed by atoms with Crippen molar-refractivity contribution in [3.05, 3.63) is 35.4 Å². The SMILES string of the molecule is CNC(CCC(C)N)c1ccc(C(C)C)cc1. The number of benzene rings is 1. The topological polar surface area (TPSA) is 38.0 Å². The fourth-order valence-corrected chi connectivity index (χ4v) is 2.02. The van der Waals surface area contributed by atoms with Crippen LogP contribution in [0.15, 0.2) is 24.3 Å². The van der Waals surface area contributed by atoms with E-state index in [1.54, 1.807) is 0 Å². The van der Waals surface area contributed by atoms with Gasteiger partial charge in [-0.15, -0.1) is 0 Å². The predicted molar refractivity (Wildman–Crippen MR) is 75.2 cm³/mol. The zero-order valence-corrected chi connectivity index (χ0v) is 11.5. The highest BCUT2D eigenvalue weighted by molar-refractivity contribution is 5.26. The summed E-state index contributed by atoms with van der Waals surface area (Å²) in [5.41, 5.74) is 8.57. The second kappa shape index (κ2) is 6.77. The summed E-state index contributed by atoms with van der Waals surface area (Å²) >= 11 is 0.